The molecular formula is C8H6Br2N4S. The Kier molecular flexibility index (Phi) is 2.94. The monoisotopic (exact) mass is 348 g/mol. The van der Waals surface area contributed by atoms with Crippen molar-refractivity contribution in [2.45, 2.75) is 0 Å². The average molecular weight is 350 g/mol. The highest BCUT2D eigenvalue weighted by molar-refractivity contribution is 9.11. The summed E-state index contributed by atoms with van der Waals surface area (Å²) in [5.74, 6) is 0. The average Bonchev–Trinajstić information content (AvgIpc) is 2.59. The van der Waals surface area contributed by atoms with Crippen molar-refractivity contribution in [1.82, 2.24) is 9.97 Å². The highest BCUT2D eigenvalue weighted by Crippen LogP contribution is 2.36. The molecule has 0 aliphatic rings. The van der Waals surface area contributed by atoms with Gasteiger partial charge in [-0.05, 0) is 50.1 Å². The van der Waals surface area contributed by atoms with Crippen molar-refractivity contribution in [1.29, 1.82) is 0 Å². The van der Waals surface area contributed by atoms with E-state index in [-0.39, 0.29) is 5.11 Å². The fourth-order valence-corrected chi connectivity index (χ4v) is 2.77. The second-order valence-corrected chi connectivity index (χ2v) is 4.92. The molecule has 0 atom stereocenters. The zero-order chi connectivity index (χ0) is 11.0. The van der Waals surface area contributed by atoms with Crippen LogP contribution in [-0.4, -0.2) is 15.1 Å². The van der Waals surface area contributed by atoms with E-state index in [1.165, 1.54) is 0 Å². The number of H-pyrrole nitrogens is 1. The predicted octanol–water partition coefficient (Wildman–Crippen LogP) is 2.74. The summed E-state index contributed by atoms with van der Waals surface area (Å²) in [5, 5.41) is 3.10. The Labute approximate surface area is 108 Å². The lowest BCUT2D eigenvalue weighted by Crippen LogP contribution is -2.19. The lowest BCUT2D eigenvalue weighted by molar-refractivity contribution is 1.34. The maximum Gasteiger partial charge on any atom is 0.168 e. The lowest BCUT2D eigenvalue weighted by atomic mass is 10.3. The van der Waals surface area contributed by atoms with Crippen molar-refractivity contribution < 1.29 is 0 Å². The van der Waals surface area contributed by atoms with E-state index >= 15 is 0 Å². The topological polar surface area (TPSA) is 66.7 Å². The minimum absolute atomic E-state index is 0.214. The van der Waals surface area contributed by atoms with Crippen molar-refractivity contribution in [2.24, 2.45) is 5.73 Å². The van der Waals surface area contributed by atoms with Gasteiger partial charge in [-0.15, -0.1) is 0 Å². The van der Waals surface area contributed by atoms with Crippen molar-refractivity contribution in [2.75, 3.05) is 5.32 Å². The van der Waals surface area contributed by atoms with Crippen LogP contribution in [0.3, 0.4) is 0 Å². The number of benzene rings is 1. The van der Waals surface area contributed by atoms with Crippen molar-refractivity contribution in [3.63, 3.8) is 0 Å². The lowest BCUT2D eigenvalue weighted by Gasteiger charge is -2.09. The van der Waals surface area contributed by atoms with Crippen LogP contribution in [0.2, 0.25) is 0 Å². The third-order valence-electron chi connectivity index (χ3n) is 1.85. The van der Waals surface area contributed by atoms with E-state index in [2.05, 4.69) is 47.1 Å². The summed E-state index contributed by atoms with van der Waals surface area (Å²) in [6, 6.07) is 1.91. The molecule has 0 radical (unpaired) electrons. The quantitative estimate of drug-likeness (QED) is 0.692. The first-order valence-electron chi connectivity index (χ1n) is 3.97. The second-order valence-electron chi connectivity index (χ2n) is 2.84. The molecule has 0 fully saturated rings. The van der Waals surface area contributed by atoms with Gasteiger partial charge in [0.1, 0.15) is 5.52 Å². The van der Waals surface area contributed by atoms with Gasteiger partial charge in [-0.25, -0.2) is 4.98 Å². The molecule has 0 spiro atoms. The zero-order valence-electron chi connectivity index (χ0n) is 7.34. The molecule has 4 N–H and O–H groups in total. The summed E-state index contributed by atoms with van der Waals surface area (Å²) in [5.41, 5.74) is 7.97. The number of hydrogen-bond donors (Lipinski definition) is 3. The number of anilines is 1. The Morgan fingerprint density at radius 3 is 2.93 bits per heavy atom. The molecule has 0 amide bonds. The minimum atomic E-state index is 0.214. The molecule has 0 saturated heterocycles. The first-order valence-corrected chi connectivity index (χ1v) is 5.96. The van der Waals surface area contributed by atoms with Crippen molar-refractivity contribution >= 4 is 65.9 Å². The van der Waals surface area contributed by atoms with Gasteiger partial charge in [0.25, 0.3) is 0 Å². The summed E-state index contributed by atoms with van der Waals surface area (Å²) in [6.45, 7) is 0. The summed E-state index contributed by atoms with van der Waals surface area (Å²) < 4.78 is 1.68. The Hall–Kier alpha value is -0.660. The third-order valence-corrected chi connectivity index (χ3v) is 3.35. The minimum Gasteiger partial charge on any atom is -0.376 e. The summed E-state index contributed by atoms with van der Waals surface area (Å²) in [6.07, 6.45) is 1.63. The number of halogens is 2. The molecule has 0 bridgehead atoms. The zero-order valence-corrected chi connectivity index (χ0v) is 11.3. The van der Waals surface area contributed by atoms with Gasteiger partial charge >= 0.3 is 0 Å². The first kappa shape index (κ1) is 10.8. The number of thiocarbonyl (C=S) groups is 1. The number of nitrogens with one attached hydrogen (secondary N) is 2. The molecule has 0 aliphatic heterocycles. The number of fused-ring (bicyclic) bond motifs is 1. The molecule has 1 aromatic heterocycles. The van der Waals surface area contributed by atoms with Gasteiger partial charge < -0.3 is 16.0 Å². The number of rotatable bonds is 1. The fourth-order valence-electron chi connectivity index (χ4n) is 1.25. The number of aromatic nitrogens is 2. The van der Waals surface area contributed by atoms with Gasteiger partial charge in [0.2, 0.25) is 0 Å². The molecular weight excluding hydrogens is 344 g/mol. The number of nitrogens with two attached hydrogens (primary N) is 1. The Bertz CT molecular complexity index is 537. The molecule has 78 valence electrons. The Balaban J connectivity index is 2.66. The van der Waals surface area contributed by atoms with E-state index in [0.29, 0.717) is 0 Å². The van der Waals surface area contributed by atoms with E-state index in [9.17, 15) is 0 Å². The van der Waals surface area contributed by atoms with E-state index in [1.807, 2.05) is 6.07 Å². The number of hydrogen-bond acceptors (Lipinski definition) is 2. The van der Waals surface area contributed by atoms with Gasteiger partial charge in [-0.1, -0.05) is 0 Å². The largest absolute Gasteiger partial charge is 0.376 e. The molecule has 1 aromatic carbocycles. The van der Waals surface area contributed by atoms with Gasteiger partial charge in [0.15, 0.2) is 5.11 Å². The molecule has 0 aliphatic carbocycles. The van der Waals surface area contributed by atoms with Crippen LogP contribution in [0.1, 0.15) is 0 Å². The smallest absolute Gasteiger partial charge is 0.168 e. The summed E-state index contributed by atoms with van der Waals surface area (Å²) >= 11 is 11.7. The molecule has 2 rings (SSSR count). The van der Waals surface area contributed by atoms with Crippen LogP contribution < -0.4 is 11.1 Å². The molecule has 0 saturated carbocycles. The molecule has 2 aromatic rings. The standard InChI is InChI=1S/C8H6Br2N4S/c9-3-1-4-7(13-2-12-4)5(10)6(3)14-8(11)15/h1-2H,(H,12,13)(H3,11,14,15). The van der Waals surface area contributed by atoms with Gasteiger partial charge in [0, 0.05) is 4.47 Å². The summed E-state index contributed by atoms with van der Waals surface area (Å²) in [4.78, 5) is 7.20. The van der Waals surface area contributed by atoms with Crippen molar-refractivity contribution in [3.05, 3.63) is 21.3 Å². The van der Waals surface area contributed by atoms with Crippen LogP contribution in [0.4, 0.5) is 5.69 Å². The van der Waals surface area contributed by atoms with Crippen LogP contribution in [0.25, 0.3) is 11.0 Å². The van der Waals surface area contributed by atoms with Crippen molar-refractivity contribution in [3.8, 4) is 0 Å². The Morgan fingerprint density at radius 1 is 1.53 bits per heavy atom. The fraction of sp³-hybridized carbons (Fsp3) is 0. The summed E-state index contributed by atoms with van der Waals surface area (Å²) in [7, 11) is 0. The normalized spacial score (nSPS) is 10.5. The molecule has 4 nitrogen and oxygen atoms in total. The van der Waals surface area contributed by atoms with Crippen LogP contribution >= 0.6 is 44.1 Å². The first-order chi connectivity index (χ1) is 7.09. The molecule has 0 unspecified atom stereocenters. The van der Waals surface area contributed by atoms with E-state index in [4.69, 9.17) is 18.0 Å². The molecule has 7 heteroatoms. The Morgan fingerprint density at radius 2 is 2.27 bits per heavy atom. The molecule has 1 heterocycles. The van der Waals surface area contributed by atoms with Crippen LogP contribution in [0.5, 0.6) is 0 Å². The predicted molar refractivity (Wildman–Crippen MR) is 71.9 cm³/mol. The van der Waals surface area contributed by atoms with Gasteiger partial charge in [0.05, 0.1) is 22.0 Å². The van der Waals surface area contributed by atoms with Crippen LogP contribution in [0, 0.1) is 0 Å². The van der Waals surface area contributed by atoms with E-state index in [1.54, 1.807) is 6.33 Å². The number of nitrogens with zero attached hydrogens (tertiary/aromatic N) is 1. The highest BCUT2D eigenvalue weighted by Gasteiger charge is 2.11. The van der Waals surface area contributed by atoms with Crippen LogP contribution in [0.15, 0.2) is 21.3 Å². The van der Waals surface area contributed by atoms with Gasteiger partial charge in [-0.2, -0.15) is 0 Å². The number of aromatic amines is 1. The maximum atomic E-state index is 5.43. The second kappa shape index (κ2) is 4.07. The number of imidazole rings is 1. The van der Waals surface area contributed by atoms with E-state index < -0.39 is 0 Å². The van der Waals surface area contributed by atoms with Gasteiger partial charge in [-0.3, -0.25) is 0 Å². The molecule has 15 heavy (non-hydrogen) atoms. The maximum absolute atomic E-state index is 5.43. The third kappa shape index (κ3) is 1.99. The van der Waals surface area contributed by atoms with E-state index in [0.717, 1.165) is 25.7 Å². The highest BCUT2D eigenvalue weighted by atomic mass is 79.9. The van der Waals surface area contributed by atoms with Crippen LogP contribution in [-0.2, 0) is 0 Å². The SMILES string of the molecule is NC(=S)Nc1c(Br)cc2[nH]cnc2c1Br.